The van der Waals surface area contributed by atoms with Crippen molar-refractivity contribution in [3.8, 4) is 0 Å². The summed E-state index contributed by atoms with van der Waals surface area (Å²) in [5.41, 5.74) is 0.823. The SMILES string of the molecule is CCc1nnc(NC(=O)CN2C(=O)N[C@]3(CCCc4ccccc43)C2=O)s1. The second kappa shape index (κ2) is 6.73. The molecule has 1 saturated heterocycles. The fraction of sp³-hybridized carbons (Fsp3) is 0.389. The Hall–Kier alpha value is -2.81. The Morgan fingerprint density at radius 2 is 2.15 bits per heavy atom. The Morgan fingerprint density at radius 3 is 2.93 bits per heavy atom. The summed E-state index contributed by atoms with van der Waals surface area (Å²) < 4.78 is 0. The van der Waals surface area contributed by atoms with E-state index >= 15 is 0 Å². The van der Waals surface area contributed by atoms with Gasteiger partial charge in [0.2, 0.25) is 11.0 Å². The van der Waals surface area contributed by atoms with Crippen LogP contribution >= 0.6 is 11.3 Å². The molecule has 2 heterocycles. The van der Waals surface area contributed by atoms with Crippen molar-refractivity contribution in [3.05, 3.63) is 40.4 Å². The molecular formula is C18H19N5O3S. The van der Waals surface area contributed by atoms with E-state index in [9.17, 15) is 14.4 Å². The van der Waals surface area contributed by atoms with E-state index < -0.39 is 17.5 Å². The highest BCUT2D eigenvalue weighted by Crippen LogP contribution is 2.39. The zero-order valence-corrected chi connectivity index (χ0v) is 15.6. The lowest BCUT2D eigenvalue weighted by Crippen LogP contribution is -2.47. The molecule has 1 spiro atoms. The average Bonchev–Trinajstić information content (AvgIpc) is 3.21. The molecule has 0 radical (unpaired) electrons. The maximum Gasteiger partial charge on any atom is 0.325 e. The Morgan fingerprint density at radius 1 is 1.33 bits per heavy atom. The van der Waals surface area contributed by atoms with Crippen LogP contribution in [0.5, 0.6) is 0 Å². The first-order valence-electron chi connectivity index (χ1n) is 8.88. The molecule has 1 atom stereocenters. The minimum Gasteiger partial charge on any atom is -0.319 e. The molecule has 2 aliphatic rings. The molecule has 1 aliphatic carbocycles. The number of urea groups is 1. The molecular weight excluding hydrogens is 366 g/mol. The molecule has 4 rings (SSSR count). The van der Waals surface area contributed by atoms with Crippen molar-refractivity contribution in [1.82, 2.24) is 20.4 Å². The van der Waals surface area contributed by atoms with Crippen molar-refractivity contribution >= 4 is 34.3 Å². The number of amides is 4. The number of nitrogens with one attached hydrogen (secondary N) is 2. The predicted molar refractivity (Wildman–Crippen MR) is 99.2 cm³/mol. The Kier molecular flexibility index (Phi) is 4.39. The number of nitrogens with zero attached hydrogens (tertiary/aromatic N) is 3. The molecule has 0 unspecified atom stereocenters. The minimum absolute atomic E-state index is 0.352. The quantitative estimate of drug-likeness (QED) is 0.782. The first-order chi connectivity index (χ1) is 13.0. The van der Waals surface area contributed by atoms with Crippen LogP contribution in [0.1, 0.15) is 35.9 Å². The predicted octanol–water partition coefficient (Wildman–Crippen LogP) is 1.82. The average molecular weight is 385 g/mol. The number of aromatic nitrogens is 2. The molecule has 1 aromatic carbocycles. The van der Waals surface area contributed by atoms with Gasteiger partial charge in [0, 0.05) is 0 Å². The van der Waals surface area contributed by atoms with Crippen LogP contribution in [0.15, 0.2) is 24.3 Å². The Labute approximate surface area is 160 Å². The van der Waals surface area contributed by atoms with Crippen LogP contribution in [-0.2, 0) is 28.0 Å². The molecule has 2 aromatic rings. The molecule has 140 valence electrons. The van der Waals surface area contributed by atoms with Gasteiger partial charge in [-0.1, -0.05) is 42.5 Å². The van der Waals surface area contributed by atoms with E-state index in [1.807, 2.05) is 31.2 Å². The number of aryl methyl sites for hydroxylation is 2. The lowest BCUT2D eigenvalue weighted by atomic mass is 9.76. The smallest absolute Gasteiger partial charge is 0.319 e. The normalized spacial score (nSPS) is 21.3. The van der Waals surface area contributed by atoms with Gasteiger partial charge in [-0.25, -0.2) is 4.79 Å². The number of imide groups is 1. The standard InChI is InChI=1S/C18H19N5O3S/c1-2-14-21-22-16(27-14)19-13(24)10-23-15(25)18(20-17(23)26)9-5-7-11-6-3-4-8-12(11)18/h3-4,6,8H,2,5,7,9-10H2,1H3,(H,20,26)(H,19,22,24)/t18-/m0/s1. The maximum absolute atomic E-state index is 13.1. The topological polar surface area (TPSA) is 104 Å². The van der Waals surface area contributed by atoms with Gasteiger partial charge in [0.25, 0.3) is 5.91 Å². The molecule has 27 heavy (non-hydrogen) atoms. The van der Waals surface area contributed by atoms with Gasteiger partial charge in [-0.2, -0.15) is 0 Å². The highest BCUT2D eigenvalue weighted by Gasteiger charge is 2.54. The third kappa shape index (κ3) is 2.97. The summed E-state index contributed by atoms with van der Waals surface area (Å²) in [6.07, 6.45) is 2.93. The zero-order chi connectivity index (χ0) is 19.0. The molecule has 4 amide bonds. The molecule has 9 heteroatoms. The van der Waals surface area contributed by atoms with Crippen LogP contribution < -0.4 is 10.6 Å². The molecule has 0 saturated carbocycles. The number of rotatable bonds is 4. The van der Waals surface area contributed by atoms with Crippen LogP contribution in [0.2, 0.25) is 0 Å². The fourth-order valence-electron chi connectivity index (χ4n) is 3.70. The zero-order valence-electron chi connectivity index (χ0n) is 14.8. The van der Waals surface area contributed by atoms with Crippen molar-refractivity contribution in [1.29, 1.82) is 0 Å². The van der Waals surface area contributed by atoms with Gasteiger partial charge in [0.1, 0.15) is 17.1 Å². The van der Waals surface area contributed by atoms with E-state index in [-0.39, 0.29) is 12.5 Å². The van der Waals surface area contributed by atoms with Crippen LogP contribution in [0.4, 0.5) is 9.93 Å². The lowest BCUT2D eigenvalue weighted by molar-refractivity contribution is -0.134. The van der Waals surface area contributed by atoms with E-state index in [2.05, 4.69) is 20.8 Å². The van der Waals surface area contributed by atoms with Crippen molar-refractivity contribution in [2.45, 2.75) is 38.1 Å². The van der Waals surface area contributed by atoms with Crippen molar-refractivity contribution in [2.75, 3.05) is 11.9 Å². The van der Waals surface area contributed by atoms with Crippen LogP contribution in [0.3, 0.4) is 0 Å². The third-order valence-electron chi connectivity index (χ3n) is 4.97. The van der Waals surface area contributed by atoms with Gasteiger partial charge in [-0.3, -0.25) is 19.8 Å². The Balaban J connectivity index is 1.53. The number of carbonyl (C=O) groups excluding carboxylic acids is 3. The van der Waals surface area contributed by atoms with Gasteiger partial charge in [-0.15, -0.1) is 10.2 Å². The summed E-state index contributed by atoms with van der Waals surface area (Å²) in [6, 6.07) is 7.10. The van der Waals surface area contributed by atoms with Gasteiger partial charge >= 0.3 is 6.03 Å². The molecule has 0 bridgehead atoms. The summed E-state index contributed by atoms with van der Waals surface area (Å²) in [6.45, 7) is 1.59. The van der Waals surface area contributed by atoms with Gasteiger partial charge in [0.05, 0.1) is 0 Å². The maximum atomic E-state index is 13.1. The molecule has 1 fully saturated rings. The van der Waals surface area contributed by atoms with Crippen LogP contribution in [0.25, 0.3) is 0 Å². The number of benzene rings is 1. The summed E-state index contributed by atoms with van der Waals surface area (Å²) in [4.78, 5) is 38.9. The highest BCUT2D eigenvalue weighted by atomic mass is 32.1. The Bertz CT molecular complexity index is 927. The van der Waals surface area contributed by atoms with Crippen LogP contribution in [0, 0.1) is 0 Å². The minimum atomic E-state index is -1.07. The van der Waals surface area contributed by atoms with E-state index in [4.69, 9.17) is 0 Å². The molecule has 2 N–H and O–H groups in total. The summed E-state index contributed by atoms with van der Waals surface area (Å²) in [5.74, 6) is -0.847. The number of carbonyl (C=O) groups is 3. The molecule has 8 nitrogen and oxygen atoms in total. The van der Waals surface area contributed by atoms with Gasteiger partial charge in [0.15, 0.2) is 0 Å². The summed E-state index contributed by atoms with van der Waals surface area (Å²) in [7, 11) is 0. The van der Waals surface area contributed by atoms with Crippen molar-refractivity contribution < 1.29 is 14.4 Å². The second-order valence-corrected chi connectivity index (χ2v) is 7.70. The number of hydrogen-bond acceptors (Lipinski definition) is 6. The van der Waals surface area contributed by atoms with Crippen molar-refractivity contribution in [2.24, 2.45) is 0 Å². The van der Waals surface area contributed by atoms with Gasteiger partial charge < -0.3 is 5.32 Å². The fourth-order valence-corrected chi connectivity index (χ4v) is 4.40. The summed E-state index contributed by atoms with van der Waals surface area (Å²) >= 11 is 1.27. The largest absolute Gasteiger partial charge is 0.325 e. The first-order valence-corrected chi connectivity index (χ1v) is 9.70. The van der Waals surface area contributed by atoms with E-state index in [0.717, 1.165) is 40.3 Å². The number of hydrogen-bond donors (Lipinski definition) is 2. The summed E-state index contributed by atoms with van der Waals surface area (Å²) in [5, 5.41) is 14.4. The highest BCUT2D eigenvalue weighted by molar-refractivity contribution is 7.15. The van der Waals surface area contributed by atoms with Gasteiger partial charge in [-0.05, 0) is 36.8 Å². The number of fused-ring (bicyclic) bond motifs is 2. The van der Waals surface area contributed by atoms with E-state index in [1.165, 1.54) is 11.3 Å². The molecule has 1 aliphatic heterocycles. The van der Waals surface area contributed by atoms with Crippen molar-refractivity contribution in [3.63, 3.8) is 0 Å². The van der Waals surface area contributed by atoms with Crippen LogP contribution in [-0.4, -0.2) is 39.5 Å². The third-order valence-corrected chi connectivity index (χ3v) is 5.95. The van der Waals surface area contributed by atoms with E-state index in [0.29, 0.717) is 11.6 Å². The first kappa shape index (κ1) is 17.6. The molecule has 1 aromatic heterocycles. The monoisotopic (exact) mass is 385 g/mol. The van der Waals surface area contributed by atoms with E-state index in [1.54, 1.807) is 0 Å². The lowest BCUT2D eigenvalue weighted by Gasteiger charge is -2.33. The number of anilines is 1. The second-order valence-electron chi connectivity index (χ2n) is 6.64.